The Labute approximate surface area is 122 Å². The lowest BCUT2D eigenvalue weighted by molar-refractivity contribution is 0.102. The van der Waals surface area contributed by atoms with Crippen LogP contribution in [0.3, 0.4) is 0 Å². The van der Waals surface area contributed by atoms with Gasteiger partial charge in [-0.3, -0.25) is 10.1 Å². The highest BCUT2D eigenvalue weighted by Gasteiger charge is 2.14. The molecule has 2 aromatic rings. The molecule has 1 aromatic carbocycles. The van der Waals surface area contributed by atoms with Crippen LogP contribution in [0.25, 0.3) is 0 Å². The van der Waals surface area contributed by atoms with Crippen LogP contribution in [0.2, 0.25) is 5.15 Å². The maximum absolute atomic E-state index is 13.3. The number of benzene rings is 1. The van der Waals surface area contributed by atoms with Gasteiger partial charge in [0.15, 0.2) is 0 Å². The molecule has 0 fully saturated rings. The molecule has 98 valence electrons. The molecule has 1 amide bonds. The molecule has 0 saturated heterocycles. The fraction of sp³-hybridized carbons (Fsp3) is 0.0833. The lowest BCUT2D eigenvalue weighted by Crippen LogP contribution is -2.15. The molecule has 1 heterocycles. The molecular formula is C12H8BrClFN3O. The average molecular weight is 345 g/mol. The topological polar surface area (TPSA) is 54.9 Å². The van der Waals surface area contributed by atoms with Crippen molar-refractivity contribution in [3.63, 3.8) is 0 Å². The van der Waals surface area contributed by atoms with Crippen LogP contribution in [0, 0.1) is 12.7 Å². The second kappa shape index (κ2) is 5.63. The molecule has 0 atom stereocenters. The minimum atomic E-state index is -0.520. The molecule has 0 spiro atoms. The Morgan fingerprint density at radius 3 is 2.84 bits per heavy atom. The number of aryl methyl sites for hydroxylation is 1. The van der Waals surface area contributed by atoms with Crippen molar-refractivity contribution >= 4 is 39.4 Å². The minimum absolute atomic E-state index is 0.0751. The van der Waals surface area contributed by atoms with E-state index in [9.17, 15) is 9.18 Å². The van der Waals surface area contributed by atoms with Gasteiger partial charge in [-0.05, 0) is 41.1 Å². The Morgan fingerprint density at radius 2 is 2.16 bits per heavy atom. The summed E-state index contributed by atoms with van der Waals surface area (Å²) in [6, 6.07) is 5.75. The average Bonchev–Trinajstić information content (AvgIpc) is 2.31. The van der Waals surface area contributed by atoms with E-state index in [1.165, 1.54) is 18.2 Å². The smallest absolute Gasteiger partial charge is 0.259 e. The summed E-state index contributed by atoms with van der Waals surface area (Å²) in [5.41, 5.74) is 0.773. The summed E-state index contributed by atoms with van der Waals surface area (Å²) in [5.74, 6) is -0.963. The van der Waals surface area contributed by atoms with Crippen LogP contribution in [0.1, 0.15) is 16.1 Å². The third kappa shape index (κ3) is 3.27. The van der Waals surface area contributed by atoms with Crippen LogP contribution >= 0.6 is 27.5 Å². The second-order valence-electron chi connectivity index (χ2n) is 3.71. The molecule has 7 heteroatoms. The van der Waals surface area contributed by atoms with Crippen molar-refractivity contribution in [3.05, 3.63) is 51.0 Å². The van der Waals surface area contributed by atoms with Crippen molar-refractivity contribution in [1.82, 2.24) is 9.97 Å². The van der Waals surface area contributed by atoms with Crippen molar-refractivity contribution in [2.45, 2.75) is 6.92 Å². The normalized spacial score (nSPS) is 10.3. The summed E-state index contributed by atoms with van der Waals surface area (Å²) in [7, 11) is 0. The first kappa shape index (κ1) is 13.9. The highest BCUT2D eigenvalue weighted by atomic mass is 79.9. The van der Waals surface area contributed by atoms with Crippen molar-refractivity contribution in [2.24, 2.45) is 0 Å². The summed E-state index contributed by atoms with van der Waals surface area (Å²) in [4.78, 5) is 19.9. The van der Waals surface area contributed by atoms with E-state index in [1.54, 1.807) is 13.0 Å². The number of amides is 1. The van der Waals surface area contributed by atoms with Gasteiger partial charge in [-0.25, -0.2) is 14.4 Å². The second-order valence-corrected chi connectivity index (χ2v) is 4.89. The number of anilines is 1. The molecule has 0 radical (unpaired) electrons. The predicted octanol–water partition coefficient (Wildman–Crippen LogP) is 3.59. The van der Waals surface area contributed by atoms with E-state index in [2.05, 4.69) is 31.2 Å². The highest BCUT2D eigenvalue weighted by molar-refractivity contribution is 9.10. The van der Waals surface area contributed by atoms with E-state index in [0.717, 1.165) is 0 Å². The molecule has 0 aliphatic carbocycles. The Bertz CT molecular complexity index is 631. The fourth-order valence-electron chi connectivity index (χ4n) is 1.43. The number of carbonyl (C=O) groups excluding carboxylic acids is 1. The number of aromatic nitrogens is 2. The van der Waals surface area contributed by atoms with Gasteiger partial charge in [-0.2, -0.15) is 0 Å². The van der Waals surface area contributed by atoms with Crippen molar-refractivity contribution < 1.29 is 9.18 Å². The molecule has 0 bridgehead atoms. The number of carbonyl (C=O) groups is 1. The monoisotopic (exact) mass is 343 g/mol. The van der Waals surface area contributed by atoms with Crippen LogP contribution in [0.15, 0.2) is 28.7 Å². The first-order chi connectivity index (χ1) is 8.97. The van der Waals surface area contributed by atoms with Crippen LogP contribution in [0.5, 0.6) is 0 Å². The standard InChI is InChI=1S/C12H8BrClFN3O/c1-6-5-9(14)17-12(16-6)18-11(19)7-3-2-4-8(15)10(7)13/h2-5H,1H3,(H,16,17,18,19). The van der Waals surface area contributed by atoms with E-state index in [0.29, 0.717) is 5.69 Å². The van der Waals surface area contributed by atoms with Crippen molar-refractivity contribution in [3.8, 4) is 0 Å². The number of rotatable bonds is 2. The van der Waals surface area contributed by atoms with Gasteiger partial charge in [-0.1, -0.05) is 17.7 Å². The molecule has 0 aliphatic heterocycles. The third-order valence-electron chi connectivity index (χ3n) is 2.24. The maximum Gasteiger partial charge on any atom is 0.259 e. The van der Waals surface area contributed by atoms with Gasteiger partial charge in [0.1, 0.15) is 11.0 Å². The van der Waals surface area contributed by atoms with E-state index in [-0.39, 0.29) is 21.1 Å². The predicted molar refractivity (Wildman–Crippen MR) is 73.8 cm³/mol. The highest BCUT2D eigenvalue weighted by Crippen LogP contribution is 2.21. The zero-order chi connectivity index (χ0) is 14.0. The largest absolute Gasteiger partial charge is 0.290 e. The van der Waals surface area contributed by atoms with E-state index in [4.69, 9.17) is 11.6 Å². The van der Waals surface area contributed by atoms with Crippen molar-refractivity contribution in [2.75, 3.05) is 5.32 Å². The Balaban J connectivity index is 2.28. The number of hydrogen-bond donors (Lipinski definition) is 1. The molecule has 2 rings (SSSR count). The molecule has 1 N–H and O–H groups in total. The van der Waals surface area contributed by atoms with Crippen LogP contribution < -0.4 is 5.32 Å². The summed E-state index contributed by atoms with van der Waals surface area (Å²) in [6.45, 7) is 1.72. The lowest BCUT2D eigenvalue weighted by atomic mass is 10.2. The van der Waals surface area contributed by atoms with Crippen LogP contribution in [-0.2, 0) is 0 Å². The Morgan fingerprint density at radius 1 is 1.42 bits per heavy atom. The van der Waals surface area contributed by atoms with Crippen molar-refractivity contribution in [1.29, 1.82) is 0 Å². The summed E-state index contributed by atoms with van der Waals surface area (Å²) in [6.07, 6.45) is 0. The Kier molecular flexibility index (Phi) is 4.11. The number of halogens is 3. The first-order valence-electron chi connectivity index (χ1n) is 5.24. The zero-order valence-electron chi connectivity index (χ0n) is 9.75. The van der Waals surface area contributed by atoms with Crippen LogP contribution in [0.4, 0.5) is 10.3 Å². The van der Waals surface area contributed by atoms with Gasteiger partial charge in [-0.15, -0.1) is 0 Å². The molecule has 19 heavy (non-hydrogen) atoms. The summed E-state index contributed by atoms with van der Waals surface area (Å²) < 4.78 is 13.4. The van der Waals surface area contributed by atoms with Gasteiger partial charge < -0.3 is 0 Å². The number of nitrogens with zero attached hydrogens (tertiary/aromatic N) is 2. The van der Waals surface area contributed by atoms with Gasteiger partial charge >= 0.3 is 0 Å². The first-order valence-corrected chi connectivity index (χ1v) is 6.41. The molecular weight excluding hydrogens is 337 g/mol. The Hall–Kier alpha value is -1.53. The molecule has 1 aromatic heterocycles. The molecule has 0 unspecified atom stereocenters. The van der Waals surface area contributed by atoms with E-state index < -0.39 is 11.7 Å². The summed E-state index contributed by atoms with van der Waals surface area (Å²) >= 11 is 8.78. The van der Waals surface area contributed by atoms with Gasteiger partial charge in [0.2, 0.25) is 5.95 Å². The fourth-order valence-corrected chi connectivity index (χ4v) is 2.12. The summed E-state index contributed by atoms with van der Waals surface area (Å²) in [5, 5.41) is 2.69. The molecule has 4 nitrogen and oxygen atoms in total. The molecule has 0 aliphatic rings. The number of nitrogens with one attached hydrogen (secondary N) is 1. The SMILES string of the molecule is Cc1cc(Cl)nc(NC(=O)c2cccc(F)c2Br)n1. The number of hydrogen-bond acceptors (Lipinski definition) is 3. The van der Waals surface area contributed by atoms with Gasteiger partial charge in [0.05, 0.1) is 10.0 Å². The lowest BCUT2D eigenvalue weighted by Gasteiger charge is -2.06. The quantitative estimate of drug-likeness (QED) is 0.847. The zero-order valence-corrected chi connectivity index (χ0v) is 12.1. The van der Waals surface area contributed by atoms with Gasteiger partial charge in [0, 0.05) is 5.69 Å². The minimum Gasteiger partial charge on any atom is -0.290 e. The van der Waals surface area contributed by atoms with E-state index in [1.807, 2.05) is 0 Å². The maximum atomic E-state index is 13.3. The van der Waals surface area contributed by atoms with E-state index >= 15 is 0 Å². The van der Waals surface area contributed by atoms with Crippen LogP contribution in [-0.4, -0.2) is 15.9 Å². The molecule has 0 saturated carbocycles. The third-order valence-corrected chi connectivity index (χ3v) is 3.24. The van der Waals surface area contributed by atoms with Gasteiger partial charge in [0.25, 0.3) is 5.91 Å².